The molecule has 0 atom stereocenters. The van der Waals surface area contributed by atoms with Gasteiger partial charge in [-0.3, -0.25) is 4.79 Å². The van der Waals surface area contributed by atoms with E-state index >= 15 is 0 Å². The monoisotopic (exact) mass is 214 g/mol. The number of carbonyl (C=O) groups excluding carboxylic acids is 1. The van der Waals surface area contributed by atoms with Gasteiger partial charge in [0.1, 0.15) is 5.69 Å². The van der Waals surface area contributed by atoms with E-state index in [4.69, 9.17) is 0 Å². The third-order valence-corrected chi connectivity index (χ3v) is 2.74. The van der Waals surface area contributed by atoms with Crippen molar-refractivity contribution >= 4 is 22.2 Å². The summed E-state index contributed by atoms with van der Waals surface area (Å²) in [7, 11) is 1.82. The Morgan fingerprint density at radius 1 is 1.19 bits per heavy atom. The Morgan fingerprint density at radius 3 is 2.56 bits per heavy atom. The molecule has 5 nitrogen and oxygen atoms in total. The molecule has 1 aromatic carbocycles. The molecular formula is C11H10N4O. The van der Waals surface area contributed by atoms with E-state index in [9.17, 15) is 4.79 Å². The van der Waals surface area contributed by atoms with Crippen LogP contribution in [0, 0.1) is 0 Å². The first-order chi connectivity index (χ1) is 7.70. The lowest BCUT2D eigenvalue weighted by atomic mass is 10.1. The molecule has 2 aromatic heterocycles. The average Bonchev–Trinajstić information content (AvgIpc) is 2.76. The van der Waals surface area contributed by atoms with Crippen LogP contribution in [0.2, 0.25) is 0 Å². The van der Waals surface area contributed by atoms with Crippen LogP contribution in [-0.4, -0.2) is 25.4 Å². The molecule has 3 aromatic rings. The Hall–Kier alpha value is -2.17. The van der Waals surface area contributed by atoms with Gasteiger partial charge in [-0.05, 0) is 10.4 Å². The molecule has 80 valence electrons. The number of tetrazole rings is 1. The minimum Gasteiger partial charge on any atom is -0.293 e. The van der Waals surface area contributed by atoms with Gasteiger partial charge in [0, 0.05) is 24.7 Å². The predicted molar refractivity (Wildman–Crippen MR) is 59.5 cm³/mol. The Labute approximate surface area is 91.3 Å². The molecule has 3 rings (SSSR count). The molecule has 5 heteroatoms. The highest BCUT2D eigenvalue weighted by molar-refractivity contribution is 6.11. The lowest BCUT2D eigenvalue weighted by Crippen LogP contribution is -1.99. The average molecular weight is 214 g/mol. The standard InChI is InChI=1S/C11H10N4O/c1-7(16)10-8-5-3-4-6-9(8)11-14(2)12-13-15(10)11/h3-6H,1-2H3. The van der Waals surface area contributed by atoms with Crippen LogP contribution in [0.3, 0.4) is 0 Å². The summed E-state index contributed by atoms with van der Waals surface area (Å²) in [6, 6.07) is 7.77. The smallest absolute Gasteiger partial charge is 0.178 e. The Morgan fingerprint density at radius 2 is 1.88 bits per heavy atom. The Balaban J connectivity index is 2.65. The van der Waals surface area contributed by atoms with Gasteiger partial charge in [-0.15, -0.1) is 0 Å². The quantitative estimate of drug-likeness (QED) is 0.576. The lowest BCUT2D eigenvalue weighted by Gasteiger charge is -1.92. The van der Waals surface area contributed by atoms with E-state index in [1.54, 1.807) is 16.1 Å². The second-order valence-corrected chi connectivity index (χ2v) is 3.79. The zero-order valence-electron chi connectivity index (χ0n) is 9.01. The number of carbonyl (C=O) groups is 1. The summed E-state index contributed by atoms with van der Waals surface area (Å²) in [4.78, 5) is 11.6. The van der Waals surface area contributed by atoms with Crippen LogP contribution in [0.1, 0.15) is 17.4 Å². The van der Waals surface area contributed by atoms with Crippen molar-refractivity contribution in [3.63, 3.8) is 0 Å². The van der Waals surface area contributed by atoms with E-state index in [1.165, 1.54) is 0 Å². The fraction of sp³-hybridized carbons (Fsp3) is 0.182. The first-order valence-corrected chi connectivity index (χ1v) is 5.00. The number of hydrogen-bond acceptors (Lipinski definition) is 3. The zero-order valence-corrected chi connectivity index (χ0v) is 9.01. The molecule has 0 fully saturated rings. The summed E-state index contributed by atoms with van der Waals surface area (Å²) >= 11 is 0. The van der Waals surface area contributed by atoms with Crippen molar-refractivity contribution in [3.8, 4) is 0 Å². The van der Waals surface area contributed by atoms with Crippen molar-refractivity contribution < 1.29 is 4.79 Å². The molecule has 2 heterocycles. The largest absolute Gasteiger partial charge is 0.293 e. The van der Waals surface area contributed by atoms with Crippen LogP contribution in [0.4, 0.5) is 0 Å². The van der Waals surface area contributed by atoms with Crippen molar-refractivity contribution in [1.29, 1.82) is 0 Å². The van der Waals surface area contributed by atoms with E-state index < -0.39 is 0 Å². The Kier molecular flexibility index (Phi) is 1.65. The van der Waals surface area contributed by atoms with Crippen LogP contribution < -0.4 is 0 Å². The molecule has 16 heavy (non-hydrogen) atoms. The number of aryl methyl sites for hydroxylation is 1. The van der Waals surface area contributed by atoms with Gasteiger partial charge in [-0.1, -0.05) is 24.3 Å². The van der Waals surface area contributed by atoms with Gasteiger partial charge < -0.3 is 0 Å². The van der Waals surface area contributed by atoms with Crippen LogP contribution in [0.25, 0.3) is 16.4 Å². The number of benzene rings is 1. The molecule has 0 saturated heterocycles. The molecule has 0 aliphatic carbocycles. The number of aromatic nitrogens is 4. The first-order valence-electron chi connectivity index (χ1n) is 5.00. The second kappa shape index (κ2) is 2.91. The molecule has 0 N–H and O–H groups in total. The van der Waals surface area contributed by atoms with E-state index in [2.05, 4.69) is 10.4 Å². The number of fused-ring (bicyclic) bond motifs is 3. The van der Waals surface area contributed by atoms with Crippen molar-refractivity contribution in [3.05, 3.63) is 30.0 Å². The van der Waals surface area contributed by atoms with Gasteiger partial charge in [0.25, 0.3) is 0 Å². The highest BCUT2D eigenvalue weighted by Crippen LogP contribution is 2.25. The topological polar surface area (TPSA) is 52.2 Å². The highest BCUT2D eigenvalue weighted by atomic mass is 16.1. The molecule has 0 amide bonds. The minimum absolute atomic E-state index is 0.00306. The molecule has 0 aliphatic heterocycles. The molecule has 0 radical (unpaired) electrons. The molecular weight excluding hydrogens is 204 g/mol. The molecule has 0 bridgehead atoms. The van der Waals surface area contributed by atoms with Gasteiger partial charge in [0.15, 0.2) is 11.4 Å². The Bertz CT molecular complexity index is 707. The van der Waals surface area contributed by atoms with Crippen LogP contribution in [0.5, 0.6) is 0 Å². The van der Waals surface area contributed by atoms with E-state index in [0.29, 0.717) is 5.69 Å². The van der Waals surface area contributed by atoms with Crippen LogP contribution in [0.15, 0.2) is 24.3 Å². The number of rotatable bonds is 1. The summed E-state index contributed by atoms with van der Waals surface area (Å²) in [6.07, 6.45) is 0. The maximum atomic E-state index is 11.6. The molecule has 0 aliphatic rings. The van der Waals surface area contributed by atoms with Crippen molar-refractivity contribution in [1.82, 2.24) is 19.6 Å². The normalized spacial score (nSPS) is 11.4. The van der Waals surface area contributed by atoms with Crippen LogP contribution >= 0.6 is 0 Å². The fourth-order valence-electron chi connectivity index (χ4n) is 2.10. The van der Waals surface area contributed by atoms with E-state index in [0.717, 1.165) is 16.4 Å². The van der Waals surface area contributed by atoms with E-state index in [1.807, 2.05) is 31.3 Å². The fourth-order valence-corrected chi connectivity index (χ4v) is 2.10. The van der Waals surface area contributed by atoms with Gasteiger partial charge in [0.2, 0.25) is 0 Å². The lowest BCUT2D eigenvalue weighted by molar-refractivity contribution is 0.101. The van der Waals surface area contributed by atoms with Gasteiger partial charge in [-0.2, -0.15) is 4.52 Å². The van der Waals surface area contributed by atoms with Gasteiger partial charge in [0.05, 0.1) is 0 Å². The minimum atomic E-state index is -0.00306. The maximum Gasteiger partial charge on any atom is 0.178 e. The highest BCUT2D eigenvalue weighted by Gasteiger charge is 2.18. The van der Waals surface area contributed by atoms with Crippen molar-refractivity contribution in [2.45, 2.75) is 6.92 Å². The zero-order chi connectivity index (χ0) is 11.3. The summed E-state index contributed by atoms with van der Waals surface area (Å²) in [5.74, 6) is -0.00306. The molecule has 0 spiro atoms. The maximum absolute atomic E-state index is 11.6. The summed E-state index contributed by atoms with van der Waals surface area (Å²) in [5, 5.41) is 9.84. The van der Waals surface area contributed by atoms with Crippen molar-refractivity contribution in [2.24, 2.45) is 7.05 Å². The first kappa shape index (κ1) is 9.08. The van der Waals surface area contributed by atoms with E-state index in [-0.39, 0.29) is 5.78 Å². The number of nitrogens with zero attached hydrogens (tertiary/aromatic N) is 4. The number of ketones is 1. The van der Waals surface area contributed by atoms with Gasteiger partial charge >= 0.3 is 0 Å². The van der Waals surface area contributed by atoms with Gasteiger partial charge in [-0.25, -0.2) is 4.68 Å². The van der Waals surface area contributed by atoms with Crippen molar-refractivity contribution in [2.75, 3.05) is 0 Å². The summed E-state index contributed by atoms with van der Waals surface area (Å²) < 4.78 is 3.28. The number of Topliss-reactive ketones (excluding diaryl/α,β-unsaturated/α-hetero) is 1. The third-order valence-electron chi connectivity index (χ3n) is 2.74. The second-order valence-electron chi connectivity index (χ2n) is 3.79. The van der Waals surface area contributed by atoms with Crippen LogP contribution in [-0.2, 0) is 7.05 Å². The molecule has 0 saturated carbocycles. The predicted octanol–water partition coefficient (Wildman–Crippen LogP) is 1.42. The number of hydrogen-bond donors (Lipinski definition) is 0. The molecule has 0 unspecified atom stereocenters. The summed E-state index contributed by atoms with van der Waals surface area (Å²) in [6.45, 7) is 1.54. The summed E-state index contributed by atoms with van der Waals surface area (Å²) in [5.41, 5.74) is 1.44. The third kappa shape index (κ3) is 0.970. The SMILES string of the molecule is CC(=O)c1c2ccccc2c2n(C)nnn12.